The van der Waals surface area contributed by atoms with Gasteiger partial charge in [0.25, 0.3) is 5.91 Å². The number of anilines is 1. The third-order valence-corrected chi connectivity index (χ3v) is 5.17. The lowest BCUT2D eigenvalue weighted by atomic mass is 10.2. The summed E-state index contributed by atoms with van der Waals surface area (Å²) in [5.74, 6) is -1.54. The molecular formula is C16H14N2O5S2. The second-order valence-electron chi connectivity index (χ2n) is 5.08. The third kappa shape index (κ3) is 4.43. The highest BCUT2D eigenvalue weighted by molar-refractivity contribution is 7.90. The Morgan fingerprint density at radius 2 is 1.96 bits per heavy atom. The van der Waals surface area contributed by atoms with Gasteiger partial charge in [0, 0.05) is 6.26 Å². The van der Waals surface area contributed by atoms with Crippen molar-refractivity contribution in [2.24, 2.45) is 0 Å². The summed E-state index contributed by atoms with van der Waals surface area (Å²) >= 11 is 1.17. The molecule has 0 saturated heterocycles. The number of benzene rings is 1. The third-order valence-electron chi connectivity index (χ3n) is 3.18. The van der Waals surface area contributed by atoms with Crippen molar-refractivity contribution in [2.45, 2.75) is 17.9 Å². The van der Waals surface area contributed by atoms with Gasteiger partial charge in [-0.25, -0.2) is 13.2 Å². The average molecular weight is 378 g/mol. The second kappa shape index (κ2) is 7.46. The van der Waals surface area contributed by atoms with Gasteiger partial charge in [-0.05, 0) is 30.5 Å². The van der Waals surface area contributed by atoms with Gasteiger partial charge >= 0.3 is 5.97 Å². The fraction of sp³-hybridized carbons (Fsp3) is 0.188. The Morgan fingerprint density at radius 3 is 2.60 bits per heavy atom. The van der Waals surface area contributed by atoms with Crippen LogP contribution in [0, 0.1) is 11.3 Å². The summed E-state index contributed by atoms with van der Waals surface area (Å²) in [6.45, 7) is 1.36. The Labute approximate surface area is 148 Å². The van der Waals surface area contributed by atoms with Gasteiger partial charge in [-0.3, -0.25) is 4.79 Å². The second-order valence-corrected chi connectivity index (χ2v) is 7.98. The zero-order chi connectivity index (χ0) is 18.6. The molecule has 25 heavy (non-hydrogen) atoms. The SMILES string of the molecule is C[C@H](OC(=O)c1ccccc1S(C)(=O)=O)C(=O)Nc1sccc1C#N. The molecule has 1 aromatic heterocycles. The lowest BCUT2D eigenvalue weighted by molar-refractivity contribution is -0.123. The Morgan fingerprint density at radius 1 is 1.28 bits per heavy atom. The van der Waals surface area contributed by atoms with Gasteiger partial charge in [0.15, 0.2) is 15.9 Å². The molecule has 2 aromatic rings. The maximum atomic E-state index is 12.2. The Bertz CT molecular complexity index is 957. The highest BCUT2D eigenvalue weighted by Gasteiger charge is 2.24. The van der Waals surface area contributed by atoms with Crippen LogP contribution in [0.15, 0.2) is 40.6 Å². The Hall–Kier alpha value is -2.70. The molecule has 0 aliphatic rings. The number of carbonyl (C=O) groups is 2. The number of esters is 1. The minimum absolute atomic E-state index is 0.140. The fourth-order valence-electron chi connectivity index (χ4n) is 1.94. The van der Waals surface area contributed by atoms with Crippen molar-refractivity contribution in [3.05, 3.63) is 46.8 Å². The standard InChI is InChI=1S/C16H14N2O5S2/c1-10(14(19)18-15-11(9-17)7-8-24-15)23-16(20)12-5-3-4-6-13(12)25(2,21)22/h3-8,10H,1-2H3,(H,18,19)/t10-/m0/s1. The summed E-state index contributed by atoms with van der Waals surface area (Å²) in [5.41, 5.74) is 0.165. The maximum absolute atomic E-state index is 12.2. The first-order chi connectivity index (χ1) is 11.7. The molecule has 2 rings (SSSR count). The normalized spacial score (nSPS) is 12.0. The van der Waals surface area contributed by atoms with Crippen molar-refractivity contribution in [3.8, 4) is 6.07 Å². The molecular weight excluding hydrogens is 364 g/mol. The first kappa shape index (κ1) is 18.6. The molecule has 1 amide bonds. The quantitative estimate of drug-likeness (QED) is 0.798. The van der Waals surface area contributed by atoms with Crippen LogP contribution in [0.1, 0.15) is 22.8 Å². The number of carbonyl (C=O) groups excluding carboxylic acids is 2. The van der Waals surface area contributed by atoms with Crippen molar-refractivity contribution < 1.29 is 22.7 Å². The van der Waals surface area contributed by atoms with Gasteiger partial charge in [-0.15, -0.1) is 11.3 Å². The van der Waals surface area contributed by atoms with Crippen LogP contribution in [0.2, 0.25) is 0 Å². The first-order valence-corrected chi connectivity index (χ1v) is 9.79. The zero-order valence-electron chi connectivity index (χ0n) is 13.3. The van der Waals surface area contributed by atoms with Crippen molar-refractivity contribution >= 4 is 38.1 Å². The molecule has 0 fully saturated rings. The zero-order valence-corrected chi connectivity index (χ0v) is 15.0. The van der Waals surface area contributed by atoms with Crippen LogP contribution in [0.5, 0.6) is 0 Å². The number of amides is 1. The van der Waals surface area contributed by atoms with Gasteiger partial charge in [0.2, 0.25) is 0 Å². The van der Waals surface area contributed by atoms with E-state index in [1.807, 2.05) is 6.07 Å². The number of nitrogens with one attached hydrogen (secondary N) is 1. The number of hydrogen-bond acceptors (Lipinski definition) is 7. The predicted octanol–water partition coefficient (Wildman–Crippen LogP) is 2.21. The van der Waals surface area contributed by atoms with E-state index in [4.69, 9.17) is 10.00 Å². The van der Waals surface area contributed by atoms with Crippen LogP contribution >= 0.6 is 11.3 Å². The summed E-state index contributed by atoms with van der Waals surface area (Å²) in [6, 6.07) is 9.09. The summed E-state index contributed by atoms with van der Waals surface area (Å²) < 4.78 is 28.5. The topological polar surface area (TPSA) is 113 Å². The highest BCUT2D eigenvalue weighted by atomic mass is 32.2. The van der Waals surface area contributed by atoms with Crippen LogP contribution in [0.4, 0.5) is 5.00 Å². The van der Waals surface area contributed by atoms with Crippen LogP contribution in [0.25, 0.3) is 0 Å². The van der Waals surface area contributed by atoms with Crippen molar-refractivity contribution in [1.29, 1.82) is 5.26 Å². The summed E-state index contributed by atoms with van der Waals surface area (Å²) in [4.78, 5) is 24.2. The molecule has 0 unspecified atom stereocenters. The minimum Gasteiger partial charge on any atom is -0.449 e. The Balaban J connectivity index is 2.13. The number of hydrogen-bond donors (Lipinski definition) is 1. The van der Waals surface area contributed by atoms with Crippen LogP contribution < -0.4 is 5.32 Å². The minimum atomic E-state index is -3.62. The van der Waals surface area contributed by atoms with E-state index in [-0.39, 0.29) is 10.5 Å². The largest absolute Gasteiger partial charge is 0.449 e. The van der Waals surface area contributed by atoms with Gasteiger partial charge in [0.1, 0.15) is 11.1 Å². The summed E-state index contributed by atoms with van der Waals surface area (Å²) in [7, 11) is -3.62. The molecule has 1 N–H and O–H groups in total. The smallest absolute Gasteiger partial charge is 0.340 e. The summed E-state index contributed by atoms with van der Waals surface area (Å²) in [5, 5.41) is 13.4. The van der Waals surface area contributed by atoms with E-state index >= 15 is 0 Å². The monoisotopic (exact) mass is 378 g/mol. The number of sulfone groups is 1. The van der Waals surface area contributed by atoms with E-state index in [9.17, 15) is 18.0 Å². The number of ether oxygens (including phenoxy) is 1. The lowest BCUT2D eigenvalue weighted by Crippen LogP contribution is -2.30. The predicted molar refractivity (Wildman–Crippen MR) is 92.1 cm³/mol. The molecule has 0 spiro atoms. The van der Waals surface area contributed by atoms with E-state index < -0.39 is 27.8 Å². The molecule has 130 valence electrons. The molecule has 0 aliphatic carbocycles. The van der Waals surface area contributed by atoms with Gasteiger partial charge in [0.05, 0.1) is 16.0 Å². The van der Waals surface area contributed by atoms with Crippen molar-refractivity contribution in [2.75, 3.05) is 11.6 Å². The number of rotatable bonds is 5. The molecule has 7 nitrogen and oxygen atoms in total. The first-order valence-electron chi connectivity index (χ1n) is 7.02. The fourth-order valence-corrected chi connectivity index (χ4v) is 3.56. The van der Waals surface area contributed by atoms with Crippen LogP contribution in [-0.4, -0.2) is 32.7 Å². The van der Waals surface area contributed by atoms with Crippen LogP contribution in [0.3, 0.4) is 0 Å². The van der Waals surface area contributed by atoms with Crippen LogP contribution in [-0.2, 0) is 19.4 Å². The van der Waals surface area contributed by atoms with Gasteiger partial charge < -0.3 is 10.1 Å². The number of nitrogens with zero attached hydrogens (tertiary/aromatic N) is 1. The van der Waals surface area contributed by atoms with E-state index in [2.05, 4.69) is 5.32 Å². The molecule has 0 radical (unpaired) electrons. The van der Waals surface area contributed by atoms with E-state index in [1.165, 1.54) is 42.5 Å². The van der Waals surface area contributed by atoms with Crippen molar-refractivity contribution in [3.63, 3.8) is 0 Å². The lowest BCUT2D eigenvalue weighted by Gasteiger charge is -2.14. The van der Waals surface area contributed by atoms with Gasteiger partial charge in [-0.2, -0.15) is 5.26 Å². The van der Waals surface area contributed by atoms with E-state index in [0.717, 1.165) is 6.26 Å². The molecule has 0 bridgehead atoms. The molecule has 0 aliphatic heterocycles. The van der Waals surface area contributed by atoms with E-state index in [0.29, 0.717) is 10.6 Å². The summed E-state index contributed by atoms with van der Waals surface area (Å²) in [6.07, 6.45) is -0.191. The molecule has 1 heterocycles. The molecule has 1 atom stereocenters. The Kier molecular flexibility index (Phi) is 5.56. The molecule has 9 heteroatoms. The maximum Gasteiger partial charge on any atom is 0.340 e. The molecule has 0 saturated carbocycles. The molecule has 1 aromatic carbocycles. The van der Waals surface area contributed by atoms with Crippen molar-refractivity contribution in [1.82, 2.24) is 0 Å². The van der Waals surface area contributed by atoms with E-state index in [1.54, 1.807) is 11.4 Å². The average Bonchev–Trinajstić information content (AvgIpc) is 3.01. The number of thiophene rings is 1. The highest BCUT2D eigenvalue weighted by Crippen LogP contribution is 2.23. The number of nitriles is 1. The van der Waals surface area contributed by atoms with Gasteiger partial charge in [-0.1, -0.05) is 12.1 Å².